The van der Waals surface area contributed by atoms with Crippen molar-refractivity contribution >= 4 is 23.6 Å². The Bertz CT molecular complexity index is 559. The van der Waals surface area contributed by atoms with E-state index in [-0.39, 0.29) is 5.57 Å². The maximum absolute atomic E-state index is 11.8. The Morgan fingerprint density at radius 2 is 2.14 bits per heavy atom. The summed E-state index contributed by atoms with van der Waals surface area (Å²) in [6.07, 6.45) is 3.74. The van der Waals surface area contributed by atoms with Crippen LogP contribution in [0.1, 0.15) is 12.0 Å². The molecular weight excluding hydrogens is 288 g/mol. The standard InChI is InChI=1S/C16H17ClN2O2/c1-21-9-5-8-19-16(20)14(12-18)11-15(17)10-13-6-3-2-4-7-13/h2-4,6-7,10-11H,5,8-9H2,1H3,(H,19,20)/b14-11+,15-10-. The summed E-state index contributed by atoms with van der Waals surface area (Å²) in [7, 11) is 1.59. The van der Waals surface area contributed by atoms with Gasteiger partial charge in [0.15, 0.2) is 0 Å². The Hall–Kier alpha value is -2.09. The van der Waals surface area contributed by atoms with Gasteiger partial charge in [0.2, 0.25) is 0 Å². The number of carbonyl (C=O) groups is 1. The lowest BCUT2D eigenvalue weighted by Gasteiger charge is -2.03. The molecule has 1 amide bonds. The number of carbonyl (C=O) groups excluding carboxylic acids is 1. The fourth-order valence-corrected chi connectivity index (χ4v) is 1.79. The molecule has 1 rings (SSSR count). The zero-order chi connectivity index (χ0) is 15.5. The van der Waals surface area contributed by atoms with Crippen LogP contribution in [0, 0.1) is 11.3 Å². The lowest BCUT2D eigenvalue weighted by atomic mass is 10.2. The summed E-state index contributed by atoms with van der Waals surface area (Å²) in [5, 5.41) is 12.0. The van der Waals surface area contributed by atoms with Crippen LogP contribution in [-0.2, 0) is 9.53 Å². The Balaban J connectivity index is 2.68. The molecule has 0 radical (unpaired) electrons. The van der Waals surface area contributed by atoms with Gasteiger partial charge in [-0.2, -0.15) is 5.26 Å². The predicted molar refractivity (Wildman–Crippen MR) is 83.5 cm³/mol. The van der Waals surface area contributed by atoms with Crippen LogP contribution in [-0.4, -0.2) is 26.2 Å². The van der Waals surface area contributed by atoms with Crippen molar-refractivity contribution in [2.75, 3.05) is 20.3 Å². The van der Waals surface area contributed by atoms with Gasteiger partial charge in [-0.1, -0.05) is 41.9 Å². The quantitative estimate of drug-likeness (QED) is 0.365. The highest BCUT2D eigenvalue weighted by molar-refractivity contribution is 6.33. The summed E-state index contributed by atoms with van der Waals surface area (Å²) < 4.78 is 4.88. The number of ether oxygens (including phenoxy) is 1. The number of hydrogen-bond donors (Lipinski definition) is 1. The molecule has 0 aliphatic carbocycles. The molecular formula is C16H17ClN2O2. The van der Waals surface area contributed by atoms with E-state index in [9.17, 15) is 4.79 Å². The van der Waals surface area contributed by atoms with Crippen LogP contribution >= 0.6 is 11.6 Å². The fourth-order valence-electron chi connectivity index (χ4n) is 1.55. The van der Waals surface area contributed by atoms with Gasteiger partial charge in [-0.25, -0.2) is 0 Å². The molecule has 21 heavy (non-hydrogen) atoms. The lowest BCUT2D eigenvalue weighted by molar-refractivity contribution is -0.117. The number of nitriles is 1. The van der Waals surface area contributed by atoms with Gasteiger partial charge in [0.05, 0.1) is 0 Å². The molecule has 0 atom stereocenters. The van der Waals surface area contributed by atoms with Gasteiger partial charge in [-0.3, -0.25) is 4.79 Å². The van der Waals surface area contributed by atoms with Gasteiger partial charge in [-0.15, -0.1) is 0 Å². The van der Waals surface area contributed by atoms with E-state index < -0.39 is 5.91 Å². The van der Waals surface area contributed by atoms with Gasteiger partial charge in [0.1, 0.15) is 11.6 Å². The molecule has 0 saturated heterocycles. The van der Waals surface area contributed by atoms with Crippen LogP contribution in [0.2, 0.25) is 0 Å². The number of nitrogens with zero attached hydrogens (tertiary/aromatic N) is 1. The fraction of sp³-hybridized carbons (Fsp3) is 0.250. The molecule has 1 N–H and O–H groups in total. The molecule has 0 fully saturated rings. The van der Waals surface area contributed by atoms with Gasteiger partial charge in [0, 0.05) is 25.3 Å². The maximum atomic E-state index is 11.8. The van der Waals surface area contributed by atoms with E-state index in [2.05, 4.69) is 5.32 Å². The monoisotopic (exact) mass is 304 g/mol. The number of nitrogens with one attached hydrogen (secondary N) is 1. The van der Waals surface area contributed by atoms with Crippen LogP contribution in [0.25, 0.3) is 6.08 Å². The van der Waals surface area contributed by atoms with Crippen LogP contribution in [0.3, 0.4) is 0 Å². The third-order valence-electron chi connectivity index (χ3n) is 2.56. The van der Waals surface area contributed by atoms with E-state index in [0.717, 1.165) is 5.56 Å². The summed E-state index contributed by atoms with van der Waals surface area (Å²) in [5.41, 5.74) is 0.876. The molecule has 0 spiro atoms. The number of amides is 1. The number of rotatable bonds is 7. The smallest absolute Gasteiger partial charge is 0.261 e. The number of allylic oxidation sites excluding steroid dienone is 2. The molecule has 1 aromatic carbocycles. The zero-order valence-electron chi connectivity index (χ0n) is 11.8. The summed E-state index contributed by atoms with van der Waals surface area (Å²) in [6, 6.07) is 11.3. The van der Waals surface area contributed by atoms with E-state index in [1.54, 1.807) is 13.2 Å². The second kappa shape index (κ2) is 9.76. The highest BCUT2D eigenvalue weighted by Gasteiger charge is 2.08. The van der Waals surface area contributed by atoms with Crippen molar-refractivity contribution in [2.45, 2.75) is 6.42 Å². The first kappa shape index (κ1) is 17.0. The Labute approximate surface area is 129 Å². The molecule has 110 valence electrons. The van der Waals surface area contributed by atoms with Gasteiger partial charge in [-0.05, 0) is 24.1 Å². The average molecular weight is 305 g/mol. The second-order valence-corrected chi connectivity index (χ2v) is 4.65. The third kappa shape index (κ3) is 6.75. The maximum Gasteiger partial charge on any atom is 0.261 e. The molecule has 0 heterocycles. The van der Waals surface area contributed by atoms with Crippen molar-refractivity contribution in [3.05, 3.63) is 52.6 Å². The predicted octanol–water partition coefficient (Wildman–Crippen LogP) is 2.87. The molecule has 0 aliphatic rings. The SMILES string of the molecule is COCCCNC(=O)/C(C#N)=C/C(Cl)=C/c1ccccc1. The number of methoxy groups -OCH3 is 1. The molecule has 0 aromatic heterocycles. The number of hydrogen-bond acceptors (Lipinski definition) is 3. The first-order valence-corrected chi connectivity index (χ1v) is 6.86. The average Bonchev–Trinajstić information content (AvgIpc) is 2.50. The van der Waals surface area contributed by atoms with Crippen LogP contribution in [0.5, 0.6) is 0 Å². The normalized spacial score (nSPS) is 11.9. The summed E-state index contributed by atoms with van der Waals surface area (Å²) >= 11 is 6.05. The van der Waals surface area contributed by atoms with Gasteiger partial charge >= 0.3 is 0 Å². The van der Waals surface area contributed by atoms with E-state index in [1.807, 2.05) is 36.4 Å². The molecule has 0 aliphatic heterocycles. The van der Waals surface area contributed by atoms with E-state index in [0.29, 0.717) is 24.6 Å². The Morgan fingerprint density at radius 1 is 1.43 bits per heavy atom. The molecule has 4 nitrogen and oxygen atoms in total. The largest absolute Gasteiger partial charge is 0.385 e. The highest BCUT2D eigenvalue weighted by Crippen LogP contribution is 2.13. The van der Waals surface area contributed by atoms with Crippen molar-refractivity contribution in [1.29, 1.82) is 5.26 Å². The highest BCUT2D eigenvalue weighted by atomic mass is 35.5. The van der Waals surface area contributed by atoms with Gasteiger partial charge < -0.3 is 10.1 Å². The van der Waals surface area contributed by atoms with Crippen molar-refractivity contribution < 1.29 is 9.53 Å². The minimum absolute atomic E-state index is 0.0235. The van der Waals surface area contributed by atoms with Gasteiger partial charge in [0.25, 0.3) is 5.91 Å². The molecule has 0 bridgehead atoms. The Morgan fingerprint density at radius 3 is 2.76 bits per heavy atom. The summed E-state index contributed by atoms with van der Waals surface area (Å²) in [5.74, 6) is -0.437. The summed E-state index contributed by atoms with van der Waals surface area (Å²) in [4.78, 5) is 11.8. The van der Waals surface area contributed by atoms with E-state index in [4.69, 9.17) is 21.6 Å². The van der Waals surface area contributed by atoms with Crippen LogP contribution in [0.4, 0.5) is 0 Å². The first-order chi connectivity index (χ1) is 10.2. The zero-order valence-corrected chi connectivity index (χ0v) is 12.6. The third-order valence-corrected chi connectivity index (χ3v) is 2.78. The minimum atomic E-state index is -0.437. The molecule has 1 aromatic rings. The van der Waals surface area contributed by atoms with Crippen molar-refractivity contribution in [2.24, 2.45) is 0 Å². The number of halogens is 1. The molecule has 5 heteroatoms. The van der Waals surface area contributed by atoms with Crippen molar-refractivity contribution in [3.8, 4) is 6.07 Å². The van der Waals surface area contributed by atoms with E-state index in [1.165, 1.54) is 6.08 Å². The van der Waals surface area contributed by atoms with Crippen molar-refractivity contribution in [1.82, 2.24) is 5.32 Å². The van der Waals surface area contributed by atoms with Crippen molar-refractivity contribution in [3.63, 3.8) is 0 Å². The minimum Gasteiger partial charge on any atom is -0.385 e. The lowest BCUT2D eigenvalue weighted by Crippen LogP contribution is -2.26. The number of benzene rings is 1. The topological polar surface area (TPSA) is 62.1 Å². The Kier molecular flexibility index (Phi) is 7.88. The first-order valence-electron chi connectivity index (χ1n) is 6.48. The van der Waals surface area contributed by atoms with Crippen LogP contribution in [0.15, 0.2) is 47.0 Å². The molecule has 0 saturated carbocycles. The van der Waals surface area contributed by atoms with Crippen LogP contribution < -0.4 is 5.32 Å². The summed E-state index contributed by atoms with van der Waals surface area (Å²) in [6.45, 7) is 1.01. The second-order valence-electron chi connectivity index (χ2n) is 4.21. The molecule has 0 unspecified atom stereocenters. The van der Waals surface area contributed by atoms with E-state index >= 15 is 0 Å².